The highest BCUT2D eigenvalue weighted by atomic mass is 32.2. The average Bonchev–Trinajstić information content (AvgIpc) is 3.33. The zero-order chi connectivity index (χ0) is 21.6. The van der Waals surface area contributed by atoms with E-state index in [0.29, 0.717) is 18.8 Å². The molecule has 4 N–H and O–H groups in total. The molecule has 3 aromatic rings. The lowest BCUT2D eigenvalue weighted by atomic mass is 10.1. The largest absolute Gasteiger partial charge is 0.376 e. The summed E-state index contributed by atoms with van der Waals surface area (Å²) in [7, 11) is -3.73. The highest BCUT2D eigenvalue weighted by Crippen LogP contribution is 2.45. The number of rotatable bonds is 5. The molecule has 2 aromatic heterocycles. The summed E-state index contributed by atoms with van der Waals surface area (Å²) in [5, 5.41) is 9.19. The fourth-order valence-corrected chi connectivity index (χ4v) is 4.78. The van der Waals surface area contributed by atoms with Crippen LogP contribution in [0.1, 0.15) is 12.8 Å². The van der Waals surface area contributed by atoms with Gasteiger partial charge in [0.15, 0.2) is 0 Å². The van der Waals surface area contributed by atoms with Crippen molar-refractivity contribution in [2.45, 2.75) is 23.3 Å². The number of nitrogens with zero attached hydrogens (tertiary/aromatic N) is 4. The van der Waals surface area contributed by atoms with Crippen molar-refractivity contribution in [2.75, 3.05) is 36.4 Å². The number of anilines is 2. The monoisotopic (exact) mass is 441 g/mol. The molecule has 10 nitrogen and oxygen atoms in total. The molecule has 2 aliphatic rings. The first-order chi connectivity index (χ1) is 14.9. The van der Waals surface area contributed by atoms with Gasteiger partial charge in [-0.1, -0.05) is 0 Å². The third kappa shape index (κ3) is 3.70. The number of carbonyl (C=O) groups is 1. The minimum absolute atomic E-state index is 0.0298. The number of nitrogens with two attached hydrogens (primary N) is 1. The Morgan fingerprint density at radius 1 is 1.16 bits per heavy atom. The van der Waals surface area contributed by atoms with E-state index < -0.39 is 10.0 Å². The molecule has 1 aromatic carbocycles. The Balaban J connectivity index is 1.25. The maximum absolute atomic E-state index is 13.0. The average molecular weight is 442 g/mol. The van der Waals surface area contributed by atoms with Crippen LogP contribution in [0.2, 0.25) is 0 Å². The van der Waals surface area contributed by atoms with Gasteiger partial charge < -0.3 is 20.1 Å². The lowest BCUT2D eigenvalue weighted by Gasteiger charge is -2.43. The van der Waals surface area contributed by atoms with Crippen LogP contribution in [0.5, 0.6) is 0 Å². The number of aromatic amines is 1. The molecule has 1 amide bonds. The fraction of sp³-hybridized carbons (Fsp3) is 0.350. The van der Waals surface area contributed by atoms with Crippen LogP contribution in [-0.2, 0) is 14.8 Å². The predicted octanol–water partition coefficient (Wildman–Crippen LogP) is 0.899. The van der Waals surface area contributed by atoms with Crippen molar-refractivity contribution >= 4 is 38.5 Å². The number of primary sulfonamides is 1. The zero-order valence-electron chi connectivity index (χ0n) is 16.8. The fourth-order valence-electron chi connectivity index (χ4n) is 4.27. The smallest absolute Gasteiger partial charge is 0.242 e. The molecule has 0 bridgehead atoms. The van der Waals surface area contributed by atoms with Crippen molar-refractivity contribution in [3.63, 3.8) is 0 Å². The van der Waals surface area contributed by atoms with Gasteiger partial charge in [0.25, 0.3) is 0 Å². The normalized spacial score (nSPS) is 17.8. The van der Waals surface area contributed by atoms with Crippen LogP contribution in [0.15, 0.2) is 47.8 Å². The van der Waals surface area contributed by atoms with Gasteiger partial charge in [-0.25, -0.2) is 23.5 Å². The van der Waals surface area contributed by atoms with E-state index in [0.717, 1.165) is 36.2 Å². The second-order valence-electron chi connectivity index (χ2n) is 8.05. The first-order valence-electron chi connectivity index (χ1n) is 10.1. The minimum atomic E-state index is -3.73. The first-order valence-corrected chi connectivity index (χ1v) is 11.6. The molecule has 3 heterocycles. The first kappa shape index (κ1) is 19.8. The quantitative estimate of drug-likeness (QED) is 0.535. The number of nitrogens with one attached hydrogen (secondary N) is 2. The second kappa shape index (κ2) is 7.20. The summed E-state index contributed by atoms with van der Waals surface area (Å²) in [6, 6.07) is 8.04. The summed E-state index contributed by atoms with van der Waals surface area (Å²) in [6.45, 7) is 2.22. The molecule has 31 heavy (non-hydrogen) atoms. The number of aromatic nitrogens is 3. The number of hydrogen-bond donors (Lipinski definition) is 3. The Labute approximate surface area is 179 Å². The summed E-state index contributed by atoms with van der Waals surface area (Å²) >= 11 is 0. The van der Waals surface area contributed by atoms with Crippen LogP contribution in [0.3, 0.4) is 0 Å². The van der Waals surface area contributed by atoms with Gasteiger partial charge in [0.05, 0.1) is 22.4 Å². The maximum Gasteiger partial charge on any atom is 0.242 e. The van der Waals surface area contributed by atoms with E-state index in [-0.39, 0.29) is 22.9 Å². The number of carbonyl (C=O) groups excluding carboxylic acids is 1. The zero-order valence-corrected chi connectivity index (χ0v) is 17.6. The number of benzene rings is 1. The van der Waals surface area contributed by atoms with Crippen molar-refractivity contribution in [2.24, 2.45) is 5.14 Å². The van der Waals surface area contributed by atoms with Gasteiger partial charge in [-0.05, 0) is 43.2 Å². The van der Waals surface area contributed by atoms with E-state index in [1.165, 1.54) is 12.1 Å². The summed E-state index contributed by atoms with van der Waals surface area (Å²) in [5.74, 6) is 0.930. The van der Waals surface area contributed by atoms with Crippen LogP contribution >= 0.6 is 0 Å². The van der Waals surface area contributed by atoms with E-state index in [2.05, 4.69) is 25.2 Å². The lowest BCUT2D eigenvalue weighted by Crippen LogP contribution is -2.58. The number of hydrogen-bond acceptors (Lipinski definition) is 7. The van der Waals surface area contributed by atoms with E-state index >= 15 is 0 Å². The van der Waals surface area contributed by atoms with E-state index in [4.69, 9.17) is 5.14 Å². The van der Waals surface area contributed by atoms with Crippen molar-refractivity contribution in [1.82, 2.24) is 19.9 Å². The summed E-state index contributed by atoms with van der Waals surface area (Å²) in [6.07, 6.45) is 5.37. The van der Waals surface area contributed by atoms with Gasteiger partial charge in [-0.15, -0.1) is 0 Å². The molecule has 162 valence electrons. The molecule has 5 rings (SSSR count). The van der Waals surface area contributed by atoms with Crippen LogP contribution in [0.4, 0.5) is 11.5 Å². The van der Waals surface area contributed by atoms with Crippen LogP contribution < -0.4 is 15.4 Å². The van der Waals surface area contributed by atoms with Crippen molar-refractivity contribution in [3.8, 4) is 0 Å². The van der Waals surface area contributed by atoms with Crippen molar-refractivity contribution in [1.29, 1.82) is 0 Å². The SMILES string of the molecule is NS(=O)(=O)c1ccc(NCC(=O)N2CCN(c3ncnc4[nH]ccc34)CC23CC3)cc1. The summed E-state index contributed by atoms with van der Waals surface area (Å²) in [5.41, 5.74) is 1.33. The molecule has 1 saturated carbocycles. The molecule has 1 saturated heterocycles. The molecular formula is C20H23N7O3S. The van der Waals surface area contributed by atoms with E-state index in [1.54, 1.807) is 18.5 Å². The number of piperazine rings is 1. The van der Waals surface area contributed by atoms with Gasteiger partial charge in [0.1, 0.15) is 17.8 Å². The molecule has 1 aliphatic heterocycles. The number of amides is 1. The van der Waals surface area contributed by atoms with Crippen LogP contribution in [-0.4, -0.2) is 65.9 Å². The van der Waals surface area contributed by atoms with E-state index in [1.807, 2.05) is 17.2 Å². The van der Waals surface area contributed by atoms with Crippen LogP contribution in [0, 0.1) is 0 Å². The van der Waals surface area contributed by atoms with Gasteiger partial charge in [0.2, 0.25) is 15.9 Å². The van der Waals surface area contributed by atoms with Crippen LogP contribution in [0.25, 0.3) is 11.0 Å². The Kier molecular flexibility index (Phi) is 4.59. The summed E-state index contributed by atoms with van der Waals surface area (Å²) < 4.78 is 22.7. The Morgan fingerprint density at radius 2 is 1.94 bits per heavy atom. The van der Waals surface area contributed by atoms with Crippen molar-refractivity contribution in [3.05, 3.63) is 42.9 Å². The Bertz CT molecular complexity index is 1240. The minimum Gasteiger partial charge on any atom is -0.376 e. The second-order valence-corrected chi connectivity index (χ2v) is 9.61. The number of fused-ring (bicyclic) bond motifs is 1. The predicted molar refractivity (Wildman–Crippen MR) is 116 cm³/mol. The highest BCUT2D eigenvalue weighted by molar-refractivity contribution is 7.89. The van der Waals surface area contributed by atoms with Gasteiger partial charge >= 0.3 is 0 Å². The van der Waals surface area contributed by atoms with Gasteiger partial charge in [0, 0.05) is 31.5 Å². The topological polar surface area (TPSA) is 137 Å². The van der Waals surface area contributed by atoms with Crippen molar-refractivity contribution < 1.29 is 13.2 Å². The highest BCUT2D eigenvalue weighted by Gasteiger charge is 2.53. The van der Waals surface area contributed by atoms with Gasteiger partial charge in [-0.3, -0.25) is 4.79 Å². The molecule has 0 unspecified atom stereocenters. The standard InChI is InChI=1S/C20H23N7O3S/c21-31(29,30)15-3-1-14(2-4-15)23-11-17(28)27-10-9-26(12-20(27)6-7-20)19-16-5-8-22-18(16)24-13-25-19/h1-5,8,13,23H,6-7,9-12H2,(H2,21,29,30)(H,22,24,25). The summed E-state index contributed by atoms with van der Waals surface area (Å²) in [4.78, 5) is 29.1. The molecule has 0 atom stereocenters. The lowest BCUT2D eigenvalue weighted by molar-refractivity contribution is -0.132. The molecule has 2 fully saturated rings. The van der Waals surface area contributed by atoms with E-state index in [9.17, 15) is 13.2 Å². The number of sulfonamides is 1. The third-order valence-electron chi connectivity index (χ3n) is 6.04. The number of H-pyrrole nitrogens is 1. The Hall–Kier alpha value is -3.18. The molecule has 0 radical (unpaired) electrons. The molecule has 1 spiro atoms. The molecule has 11 heteroatoms. The molecule has 1 aliphatic carbocycles. The van der Waals surface area contributed by atoms with Gasteiger partial charge in [-0.2, -0.15) is 0 Å². The maximum atomic E-state index is 13.0. The third-order valence-corrected chi connectivity index (χ3v) is 6.97. The Morgan fingerprint density at radius 3 is 2.65 bits per heavy atom. The molecular weight excluding hydrogens is 418 g/mol.